The van der Waals surface area contributed by atoms with E-state index in [1.54, 1.807) is 6.92 Å². The minimum atomic E-state index is 0.0601. The van der Waals surface area contributed by atoms with Crippen molar-refractivity contribution in [2.75, 3.05) is 13.1 Å². The lowest BCUT2D eigenvalue weighted by atomic mass is 10.0. The summed E-state index contributed by atoms with van der Waals surface area (Å²) in [7, 11) is 0. The molecule has 1 N–H and O–H groups in total. The summed E-state index contributed by atoms with van der Waals surface area (Å²) in [5.74, 6) is 0.0601. The molecule has 14 heavy (non-hydrogen) atoms. The highest BCUT2D eigenvalue weighted by molar-refractivity contribution is 6.28. The molecule has 2 rings (SSSR count). The number of carbonyl (C=O) groups excluding carboxylic acids is 1. The first-order valence-electron chi connectivity index (χ1n) is 4.67. The number of nitrogens with one attached hydrogen (secondary N) is 1. The fraction of sp³-hybridized carbons (Fsp3) is 0.273. The quantitative estimate of drug-likeness (QED) is 0.667. The first-order chi connectivity index (χ1) is 6.79. The first kappa shape index (κ1) is 8.94. The van der Waals surface area contributed by atoms with Crippen LogP contribution in [0.15, 0.2) is 40.6 Å². The van der Waals surface area contributed by atoms with Gasteiger partial charge < -0.3 is 5.32 Å². The van der Waals surface area contributed by atoms with Gasteiger partial charge in [0, 0.05) is 12.1 Å². The van der Waals surface area contributed by atoms with Crippen molar-refractivity contribution < 1.29 is 4.79 Å². The van der Waals surface area contributed by atoms with E-state index in [9.17, 15) is 4.79 Å². The molecule has 0 bridgehead atoms. The van der Waals surface area contributed by atoms with E-state index >= 15 is 0 Å². The fourth-order valence-electron chi connectivity index (χ4n) is 1.56. The average Bonchev–Trinajstić information content (AvgIpc) is 2.39. The highest BCUT2D eigenvalue weighted by Gasteiger charge is 2.18. The molecule has 3 nitrogen and oxygen atoms in total. The molecule has 2 aliphatic rings. The second kappa shape index (κ2) is 3.62. The van der Waals surface area contributed by atoms with Gasteiger partial charge >= 0.3 is 0 Å². The van der Waals surface area contributed by atoms with Gasteiger partial charge in [-0.3, -0.25) is 9.79 Å². The van der Waals surface area contributed by atoms with Crippen LogP contribution in [0.25, 0.3) is 0 Å². The molecular formula is C11H12N2O. The molecular weight excluding hydrogens is 176 g/mol. The van der Waals surface area contributed by atoms with Gasteiger partial charge in [-0.1, -0.05) is 12.2 Å². The Kier molecular flexibility index (Phi) is 2.31. The Morgan fingerprint density at radius 2 is 2.21 bits per heavy atom. The molecule has 0 amide bonds. The standard InChI is InChI=1S/C11H12N2O/c1-8(14)9-4-2-3-5-10-11(9)13-7-6-12-10/h2-5,12H,6-7H2,1H3. The Hall–Kier alpha value is -1.64. The van der Waals surface area contributed by atoms with Gasteiger partial charge in [0.2, 0.25) is 0 Å². The number of allylic oxidation sites excluding steroid dienone is 5. The van der Waals surface area contributed by atoms with Crippen LogP contribution in [0, 0.1) is 0 Å². The number of nitrogens with zero attached hydrogens (tertiary/aromatic N) is 1. The second-order valence-electron chi connectivity index (χ2n) is 3.26. The summed E-state index contributed by atoms with van der Waals surface area (Å²) in [5.41, 5.74) is 2.44. The molecule has 0 aromatic heterocycles. The number of Topliss-reactive ketones (excluding diaryl/α,β-unsaturated/α-hetero) is 1. The maximum absolute atomic E-state index is 11.4. The molecule has 72 valence electrons. The Bertz CT molecular complexity index is 386. The lowest BCUT2D eigenvalue weighted by Crippen LogP contribution is -2.30. The highest BCUT2D eigenvalue weighted by atomic mass is 16.1. The van der Waals surface area contributed by atoms with Crippen LogP contribution in [-0.4, -0.2) is 24.6 Å². The number of ketones is 1. The van der Waals surface area contributed by atoms with Crippen LogP contribution >= 0.6 is 0 Å². The molecule has 1 aliphatic carbocycles. The summed E-state index contributed by atoms with van der Waals surface area (Å²) < 4.78 is 0. The third-order valence-electron chi connectivity index (χ3n) is 2.22. The lowest BCUT2D eigenvalue weighted by Gasteiger charge is -2.18. The molecule has 1 heterocycles. The van der Waals surface area contributed by atoms with E-state index < -0.39 is 0 Å². The van der Waals surface area contributed by atoms with Gasteiger partial charge in [0.15, 0.2) is 5.78 Å². The second-order valence-corrected chi connectivity index (χ2v) is 3.26. The third-order valence-corrected chi connectivity index (χ3v) is 2.22. The van der Waals surface area contributed by atoms with Crippen molar-refractivity contribution in [3.8, 4) is 0 Å². The van der Waals surface area contributed by atoms with Crippen LogP contribution in [-0.2, 0) is 4.79 Å². The van der Waals surface area contributed by atoms with Crippen LogP contribution in [0.3, 0.4) is 0 Å². The number of hydrogen-bond acceptors (Lipinski definition) is 3. The predicted molar refractivity (Wildman–Crippen MR) is 56.3 cm³/mol. The van der Waals surface area contributed by atoms with E-state index in [1.807, 2.05) is 24.3 Å². The van der Waals surface area contributed by atoms with Gasteiger partial charge in [-0.25, -0.2) is 0 Å². The zero-order valence-corrected chi connectivity index (χ0v) is 8.08. The lowest BCUT2D eigenvalue weighted by molar-refractivity contribution is -0.113. The zero-order valence-electron chi connectivity index (χ0n) is 8.08. The molecule has 0 fully saturated rings. The van der Waals surface area contributed by atoms with E-state index in [4.69, 9.17) is 0 Å². The summed E-state index contributed by atoms with van der Waals surface area (Å²) in [6, 6.07) is 0. The van der Waals surface area contributed by atoms with Crippen molar-refractivity contribution in [3.05, 3.63) is 35.6 Å². The Morgan fingerprint density at radius 1 is 1.43 bits per heavy atom. The molecule has 0 spiro atoms. The van der Waals surface area contributed by atoms with Crippen LogP contribution in [0.1, 0.15) is 6.92 Å². The van der Waals surface area contributed by atoms with E-state index in [0.29, 0.717) is 5.57 Å². The number of aliphatic imine (C=N–C) groups is 1. The largest absolute Gasteiger partial charge is 0.381 e. The maximum Gasteiger partial charge on any atom is 0.162 e. The zero-order chi connectivity index (χ0) is 9.97. The summed E-state index contributed by atoms with van der Waals surface area (Å²) in [6.07, 6.45) is 7.55. The summed E-state index contributed by atoms with van der Waals surface area (Å²) >= 11 is 0. The van der Waals surface area contributed by atoms with Crippen LogP contribution in [0.5, 0.6) is 0 Å². The van der Waals surface area contributed by atoms with Gasteiger partial charge in [-0.05, 0) is 19.1 Å². The van der Waals surface area contributed by atoms with E-state index in [-0.39, 0.29) is 5.78 Å². The van der Waals surface area contributed by atoms with E-state index in [0.717, 1.165) is 24.5 Å². The van der Waals surface area contributed by atoms with Gasteiger partial charge in [0.25, 0.3) is 0 Å². The number of fused-ring (bicyclic) bond motifs is 1. The fourth-order valence-corrected chi connectivity index (χ4v) is 1.56. The molecule has 0 aromatic rings. The van der Waals surface area contributed by atoms with Crippen LogP contribution < -0.4 is 5.32 Å². The van der Waals surface area contributed by atoms with Crippen molar-refractivity contribution in [3.63, 3.8) is 0 Å². The predicted octanol–water partition coefficient (Wildman–Crippen LogP) is 1.000. The molecule has 0 saturated heterocycles. The topological polar surface area (TPSA) is 41.5 Å². The van der Waals surface area contributed by atoms with Crippen molar-refractivity contribution in [1.29, 1.82) is 0 Å². The summed E-state index contributed by atoms with van der Waals surface area (Å²) in [4.78, 5) is 15.7. The van der Waals surface area contributed by atoms with Gasteiger partial charge in [0.1, 0.15) is 0 Å². The van der Waals surface area contributed by atoms with Crippen molar-refractivity contribution >= 4 is 11.5 Å². The van der Waals surface area contributed by atoms with E-state index in [1.165, 1.54) is 0 Å². The molecule has 0 unspecified atom stereocenters. The van der Waals surface area contributed by atoms with Crippen molar-refractivity contribution in [2.45, 2.75) is 6.92 Å². The molecule has 0 aromatic carbocycles. The minimum absolute atomic E-state index is 0.0601. The van der Waals surface area contributed by atoms with Gasteiger partial charge in [0.05, 0.1) is 18.0 Å². The Morgan fingerprint density at radius 3 is 3.00 bits per heavy atom. The van der Waals surface area contributed by atoms with Crippen molar-refractivity contribution in [2.24, 2.45) is 4.99 Å². The molecule has 0 radical (unpaired) electrons. The summed E-state index contributed by atoms with van der Waals surface area (Å²) in [5, 5.41) is 3.23. The Labute approximate surface area is 82.9 Å². The van der Waals surface area contributed by atoms with Crippen molar-refractivity contribution in [1.82, 2.24) is 5.32 Å². The first-order valence-corrected chi connectivity index (χ1v) is 4.67. The average molecular weight is 188 g/mol. The Balaban J connectivity index is 2.47. The molecule has 3 heteroatoms. The summed E-state index contributed by atoms with van der Waals surface area (Å²) in [6.45, 7) is 3.14. The molecule has 0 atom stereocenters. The van der Waals surface area contributed by atoms with Gasteiger partial charge in [-0.2, -0.15) is 0 Å². The minimum Gasteiger partial charge on any atom is -0.381 e. The monoisotopic (exact) mass is 188 g/mol. The highest BCUT2D eigenvalue weighted by Crippen LogP contribution is 2.13. The SMILES string of the molecule is CC(=O)C1=CC=CC=C2NCCN=C21. The van der Waals surface area contributed by atoms with Crippen LogP contribution in [0.4, 0.5) is 0 Å². The molecule has 0 saturated carbocycles. The van der Waals surface area contributed by atoms with E-state index in [2.05, 4.69) is 10.3 Å². The maximum atomic E-state index is 11.4. The third kappa shape index (κ3) is 1.53. The number of carbonyl (C=O) groups is 1. The van der Waals surface area contributed by atoms with Crippen LogP contribution in [0.2, 0.25) is 0 Å². The number of hydrogen-bond donors (Lipinski definition) is 1. The normalized spacial score (nSPS) is 19.6. The molecule has 1 aliphatic heterocycles. The smallest absolute Gasteiger partial charge is 0.162 e. The number of rotatable bonds is 1. The van der Waals surface area contributed by atoms with Gasteiger partial charge in [-0.15, -0.1) is 0 Å².